The fraction of sp³-hybridized carbons (Fsp3) is 1.00. The Bertz CT molecular complexity index is 141. The summed E-state index contributed by atoms with van der Waals surface area (Å²) < 4.78 is 0. The first kappa shape index (κ1) is 11.3. The van der Waals surface area contributed by atoms with E-state index in [1.165, 1.54) is 19.3 Å². The molecular formula is C10H21NOS. The van der Waals surface area contributed by atoms with E-state index in [0.29, 0.717) is 11.3 Å². The maximum atomic E-state index is 9.68. The van der Waals surface area contributed by atoms with Gasteiger partial charge in [0.05, 0.1) is 6.10 Å². The molecule has 0 aromatic rings. The first-order valence-corrected chi connectivity index (χ1v) is 6.30. The van der Waals surface area contributed by atoms with Gasteiger partial charge in [0.25, 0.3) is 0 Å². The number of rotatable bonds is 4. The van der Waals surface area contributed by atoms with Crippen LogP contribution in [-0.2, 0) is 0 Å². The molecule has 0 aromatic carbocycles. The molecule has 0 heterocycles. The van der Waals surface area contributed by atoms with Crippen LogP contribution in [0.2, 0.25) is 0 Å². The van der Waals surface area contributed by atoms with Gasteiger partial charge in [0.15, 0.2) is 0 Å². The van der Waals surface area contributed by atoms with Crippen LogP contribution in [0.1, 0.15) is 39.0 Å². The van der Waals surface area contributed by atoms with Crippen molar-refractivity contribution in [1.82, 2.24) is 0 Å². The summed E-state index contributed by atoms with van der Waals surface area (Å²) in [6.45, 7) is 2.04. The lowest BCUT2D eigenvalue weighted by atomic mass is 9.97. The molecule has 78 valence electrons. The Balaban J connectivity index is 2.11. The van der Waals surface area contributed by atoms with Crippen LogP contribution in [-0.4, -0.2) is 28.3 Å². The maximum absolute atomic E-state index is 9.68. The third-order valence-electron chi connectivity index (χ3n) is 2.57. The van der Waals surface area contributed by atoms with E-state index >= 15 is 0 Å². The highest BCUT2D eigenvalue weighted by Gasteiger charge is 2.22. The van der Waals surface area contributed by atoms with Gasteiger partial charge in [0, 0.05) is 11.3 Å². The molecule has 2 nitrogen and oxygen atoms in total. The van der Waals surface area contributed by atoms with Crippen LogP contribution in [0.25, 0.3) is 0 Å². The summed E-state index contributed by atoms with van der Waals surface area (Å²) in [5.41, 5.74) is 5.67. The van der Waals surface area contributed by atoms with Crippen LogP contribution < -0.4 is 5.73 Å². The summed E-state index contributed by atoms with van der Waals surface area (Å²) in [4.78, 5) is 0. The van der Waals surface area contributed by atoms with Crippen molar-refractivity contribution in [1.29, 1.82) is 0 Å². The topological polar surface area (TPSA) is 46.2 Å². The fourth-order valence-electron chi connectivity index (χ4n) is 1.68. The molecule has 1 aliphatic rings. The Morgan fingerprint density at radius 1 is 1.46 bits per heavy atom. The minimum atomic E-state index is -0.0631. The maximum Gasteiger partial charge on any atom is 0.0658 e. The van der Waals surface area contributed by atoms with Gasteiger partial charge in [-0.1, -0.05) is 12.8 Å². The van der Waals surface area contributed by atoms with Crippen molar-refractivity contribution in [3.05, 3.63) is 0 Å². The van der Waals surface area contributed by atoms with Gasteiger partial charge >= 0.3 is 0 Å². The van der Waals surface area contributed by atoms with Gasteiger partial charge in [-0.2, -0.15) is 11.8 Å². The Kier molecular flexibility index (Phi) is 5.14. The highest BCUT2D eigenvalue weighted by molar-refractivity contribution is 7.99. The summed E-state index contributed by atoms with van der Waals surface area (Å²) in [7, 11) is 0. The van der Waals surface area contributed by atoms with Crippen molar-refractivity contribution < 1.29 is 5.11 Å². The van der Waals surface area contributed by atoms with Gasteiger partial charge in [-0.25, -0.2) is 0 Å². The summed E-state index contributed by atoms with van der Waals surface area (Å²) in [6.07, 6.45) is 5.67. The normalized spacial score (nSPS) is 31.6. The van der Waals surface area contributed by atoms with Crippen LogP contribution in [0.3, 0.4) is 0 Å². The molecule has 0 bridgehead atoms. The molecule has 0 radical (unpaired) electrons. The molecule has 1 aliphatic carbocycles. The highest BCUT2D eigenvalue weighted by Crippen LogP contribution is 2.29. The number of thioether (sulfide) groups is 1. The number of hydrogen-bond acceptors (Lipinski definition) is 3. The van der Waals surface area contributed by atoms with Gasteiger partial charge < -0.3 is 10.8 Å². The largest absolute Gasteiger partial charge is 0.392 e. The quantitative estimate of drug-likeness (QED) is 0.732. The van der Waals surface area contributed by atoms with E-state index < -0.39 is 0 Å². The Morgan fingerprint density at radius 2 is 2.15 bits per heavy atom. The summed E-state index contributed by atoms with van der Waals surface area (Å²) in [5.74, 6) is 1.10. The number of aliphatic hydroxyl groups is 1. The summed E-state index contributed by atoms with van der Waals surface area (Å²) in [6, 6.07) is 0.299. The van der Waals surface area contributed by atoms with Crippen molar-refractivity contribution >= 4 is 11.8 Å². The number of hydrogen-bond donors (Lipinski definition) is 2. The molecule has 3 atom stereocenters. The monoisotopic (exact) mass is 203 g/mol. The van der Waals surface area contributed by atoms with Crippen molar-refractivity contribution in [2.45, 2.75) is 56.4 Å². The van der Waals surface area contributed by atoms with E-state index in [1.54, 1.807) is 0 Å². The standard InChI is InChI=1S/C10H21NOS/c1-8(11)6-7-13-10-5-3-2-4-9(10)12/h8-10,12H,2-7,11H2,1H3. The smallest absolute Gasteiger partial charge is 0.0658 e. The average Bonchev–Trinajstić information content (AvgIpc) is 2.08. The minimum absolute atomic E-state index is 0.0631. The Labute approximate surface area is 85.3 Å². The number of aliphatic hydroxyl groups excluding tert-OH is 1. The molecule has 1 fully saturated rings. The Morgan fingerprint density at radius 3 is 2.77 bits per heavy atom. The van der Waals surface area contributed by atoms with Gasteiger partial charge in [-0.3, -0.25) is 0 Å². The molecular weight excluding hydrogens is 182 g/mol. The second kappa shape index (κ2) is 5.89. The second-order valence-electron chi connectivity index (χ2n) is 4.03. The lowest BCUT2D eigenvalue weighted by Crippen LogP contribution is -2.27. The molecule has 3 heteroatoms. The van der Waals surface area contributed by atoms with E-state index in [-0.39, 0.29) is 6.10 Å². The average molecular weight is 203 g/mol. The third-order valence-corrected chi connectivity index (χ3v) is 4.02. The zero-order chi connectivity index (χ0) is 9.68. The van der Waals surface area contributed by atoms with Crippen LogP contribution >= 0.6 is 11.8 Å². The van der Waals surface area contributed by atoms with E-state index in [2.05, 4.69) is 0 Å². The van der Waals surface area contributed by atoms with Gasteiger partial charge in [-0.05, 0) is 31.9 Å². The summed E-state index contributed by atoms with van der Waals surface area (Å²) >= 11 is 1.90. The number of nitrogens with two attached hydrogens (primary N) is 1. The van der Waals surface area contributed by atoms with Gasteiger partial charge in [0.2, 0.25) is 0 Å². The van der Waals surface area contributed by atoms with Crippen LogP contribution in [0, 0.1) is 0 Å². The SMILES string of the molecule is CC(N)CCSC1CCCCC1O. The van der Waals surface area contributed by atoms with Crippen LogP contribution in [0.5, 0.6) is 0 Å². The zero-order valence-electron chi connectivity index (χ0n) is 8.41. The second-order valence-corrected chi connectivity index (χ2v) is 5.37. The lowest BCUT2D eigenvalue weighted by molar-refractivity contribution is 0.137. The lowest BCUT2D eigenvalue weighted by Gasteiger charge is -2.27. The van der Waals surface area contributed by atoms with Crippen molar-refractivity contribution in [2.24, 2.45) is 5.73 Å². The zero-order valence-corrected chi connectivity index (χ0v) is 9.22. The molecule has 3 unspecified atom stereocenters. The molecule has 1 saturated carbocycles. The predicted molar refractivity (Wildman–Crippen MR) is 59.0 cm³/mol. The predicted octanol–water partition coefficient (Wildman–Crippen LogP) is 1.76. The van der Waals surface area contributed by atoms with Gasteiger partial charge in [0.1, 0.15) is 0 Å². The minimum Gasteiger partial charge on any atom is -0.392 e. The Hall–Kier alpha value is 0.270. The van der Waals surface area contributed by atoms with E-state index in [9.17, 15) is 5.11 Å². The van der Waals surface area contributed by atoms with Crippen molar-refractivity contribution in [3.63, 3.8) is 0 Å². The third kappa shape index (κ3) is 4.34. The molecule has 1 rings (SSSR count). The van der Waals surface area contributed by atoms with Crippen molar-refractivity contribution in [2.75, 3.05) is 5.75 Å². The fourth-order valence-corrected chi connectivity index (χ4v) is 3.18. The molecule has 0 amide bonds. The highest BCUT2D eigenvalue weighted by atomic mass is 32.2. The first-order chi connectivity index (χ1) is 6.20. The van der Waals surface area contributed by atoms with Crippen LogP contribution in [0.4, 0.5) is 0 Å². The van der Waals surface area contributed by atoms with E-state index in [0.717, 1.165) is 18.6 Å². The molecule has 0 saturated heterocycles. The first-order valence-electron chi connectivity index (χ1n) is 5.25. The molecule has 13 heavy (non-hydrogen) atoms. The van der Waals surface area contributed by atoms with Crippen molar-refractivity contribution in [3.8, 4) is 0 Å². The van der Waals surface area contributed by atoms with E-state index in [1.807, 2.05) is 18.7 Å². The van der Waals surface area contributed by atoms with Crippen LogP contribution in [0.15, 0.2) is 0 Å². The molecule has 0 spiro atoms. The molecule has 0 aromatic heterocycles. The molecule has 0 aliphatic heterocycles. The van der Waals surface area contributed by atoms with E-state index in [4.69, 9.17) is 5.73 Å². The van der Waals surface area contributed by atoms with Gasteiger partial charge in [-0.15, -0.1) is 0 Å². The summed E-state index contributed by atoms with van der Waals surface area (Å²) in [5, 5.41) is 10.2. The molecule has 3 N–H and O–H groups in total.